The Morgan fingerprint density at radius 1 is 1.26 bits per heavy atom. The lowest BCUT2D eigenvalue weighted by atomic mass is 10.1. The van der Waals surface area contributed by atoms with Crippen molar-refractivity contribution < 1.29 is 9.53 Å². The first-order valence-corrected chi connectivity index (χ1v) is 7.56. The molecule has 2 atom stereocenters. The molecule has 0 aromatic heterocycles. The molecule has 106 valence electrons. The zero-order valence-corrected chi connectivity index (χ0v) is 12.9. The summed E-state index contributed by atoms with van der Waals surface area (Å²) in [5, 5.41) is 3.43. The molecule has 0 fully saturated rings. The van der Waals surface area contributed by atoms with Gasteiger partial charge in [-0.25, -0.2) is 0 Å². The van der Waals surface area contributed by atoms with E-state index in [0.717, 1.165) is 18.6 Å². The third kappa shape index (κ3) is 5.15. The van der Waals surface area contributed by atoms with Crippen molar-refractivity contribution in [3.8, 4) is 5.75 Å². The van der Waals surface area contributed by atoms with Gasteiger partial charge in [-0.05, 0) is 37.1 Å². The van der Waals surface area contributed by atoms with Gasteiger partial charge in [-0.15, -0.1) is 11.8 Å². The van der Waals surface area contributed by atoms with E-state index in [0.29, 0.717) is 5.25 Å². The van der Waals surface area contributed by atoms with Crippen LogP contribution in [0.3, 0.4) is 0 Å². The highest BCUT2D eigenvalue weighted by atomic mass is 32.2. The number of carbonyl (C=O) groups excluding carboxylic acids is 1. The van der Waals surface area contributed by atoms with Crippen molar-refractivity contribution in [1.82, 2.24) is 5.32 Å². The van der Waals surface area contributed by atoms with E-state index in [2.05, 4.69) is 31.3 Å². The molecule has 1 aromatic carbocycles. The summed E-state index contributed by atoms with van der Waals surface area (Å²) in [6.45, 7) is 5.84. The van der Waals surface area contributed by atoms with Crippen LogP contribution in [0, 0.1) is 0 Å². The number of hydrogen-bond donors (Lipinski definition) is 1. The average molecular weight is 281 g/mol. The first kappa shape index (κ1) is 15.9. The first-order chi connectivity index (χ1) is 9.10. The van der Waals surface area contributed by atoms with Gasteiger partial charge in [0.15, 0.2) is 0 Å². The van der Waals surface area contributed by atoms with Crippen LogP contribution in [0.4, 0.5) is 0 Å². The molecule has 0 aliphatic rings. The van der Waals surface area contributed by atoms with Gasteiger partial charge in [-0.3, -0.25) is 4.79 Å². The molecule has 0 spiro atoms. The number of nitrogens with one attached hydrogen (secondary N) is 1. The van der Waals surface area contributed by atoms with Crippen molar-refractivity contribution in [2.24, 2.45) is 0 Å². The average Bonchev–Trinajstić information content (AvgIpc) is 2.43. The monoisotopic (exact) mass is 281 g/mol. The van der Waals surface area contributed by atoms with Crippen LogP contribution < -0.4 is 10.1 Å². The minimum absolute atomic E-state index is 0.0423. The number of ether oxygens (including phenoxy) is 1. The van der Waals surface area contributed by atoms with E-state index in [9.17, 15) is 4.79 Å². The summed E-state index contributed by atoms with van der Waals surface area (Å²) >= 11 is 1.81. The number of amides is 1. The van der Waals surface area contributed by atoms with Crippen LogP contribution in [0.2, 0.25) is 0 Å². The quantitative estimate of drug-likeness (QED) is 0.778. The summed E-state index contributed by atoms with van der Waals surface area (Å²) < 4.78 is 5.16. The lowest BCUT2D eigenvalue weighted by Gasteiger charge is -2.25. The first-order valence-electron chi connectivity index (χ1n) is 6.68. The van der Waals surface area contributed by atoms with E-state index in [1.54, 1.807) is 14.0 Å². The van der Waals surface area contributed by atoms with Crippen LogP contribution >= 0.6 is 11.8 Å². The number of hydrogen-bond acceptors (Lipinski definition) is 3. The molecule has 0 bridgehead atoms. The molecule has 1 amide bonds. The molecule has 3 nitrogen and oxygen atoms in total. The SMILES string of the molecule is CC[C@H](Sc1ccc(OC)cc1)[C@@H](CC)NC(C)=O. The second-order valence-electron chi connectivity index (χ2n) is 4.46. The minimum atomic E-state index is 0.0423. The van der Waals surface area contributed by atoms with E-state index in [4.69, 9.17) is 4.74 Å². The highest BCUT2D eigenvalue weighted by Gasteiger charge is 2.20. The van der Waals surface area contributed by atoms with Crippen LogP contribution in [0.5, 0.6) is 5.75 Å². The van der Waals surface area contributed by atoms with Gasteiger partial charge in [0.1, 0.15) is 5.75 Å². The van der Waals surface area contributed by atoms with Gasteiger partial charge in [0.25, 0.3) is 0 Å². The Labute approximate surface area is 120 Å². The summed E-state index contributed by atoms with van der Waals surface area (Å²) in [5.41, 5.74) is 0. The van der Waals surface area contributed by atoms with Gasteiger partial charge in [0.05, 0.1) is 7.11 Å². The van der Waals surface area contributed by atoms with Gasteiger partial charge >= 0.3 is 0 Å². The number of benzene rings is 1. The van der Waals surface area contributed by atoms with Crippen LogP contribution in [0.1, 0.15) is 33.6 Å². The summed E-state index contributed by atoms with van der Waals surface area (Å²) in [6.07, 6.45) is 1.97. The molecule has 19 heavy (non-hydrogen) atoms. The standard InChI is InChI=1S/C15H23NO2S/c1-5-14(16-11(3)17)15(6-2)19-13-9-7-12(18-4)8-10-13/h7-10,14-15H,5-6H2,1-4H3,(H,16,17)/t14-,15+/m1/s1. The maximum Gasteiger partial charge on any atom is 0.217 e. The molecule has 0 heterocycles. The minimum Gasteiger partial charge on any atom is -0.497 e. The molecule has 1 rings (SSSR count). The Morgan fingerprint density at radius 3 is 2.32 bits per heavy atom. The largest absolute Gasteiger partial charge is 0.497 e. The zero-order valence-electron chi connectivity index (χ0n) is 12.1. The van der Waals surface area contributed by atoms with Gasteiger partial charge in [0.2, 0.25) is 5.91 Å². The van der Waals surface area contributed by atoms with Gasteiger partial charge < -0.3 is 10.1 Å². The molecule has 0 saturated heterocycles. The molecular weight excluding hydrogens is 258 g/mol. The predicted molar refractivity (Wildman–Crippen MR) is 80.8 cm³/mol. The number of methoxy groups -OCH3 is 1. The second kappa shape index (κ2) is 8.10. The second-order valence-corrected chi connectivity index (χ2v) is 5.77. The maximum atomic E-state index is 11.2. The highest BCUT2D eigenvalue weighted by Crippen LogP contribution is 2.29. The zero-order chi connectivity index (χ0) is 14.3. The van der Waals surface area contributed by atoms with Crippen LogP contribution in [-0.2, 0) is 4.79 Å². The highest BCUT2D eigenvalue weighted by molar-refractivity contribution is 8.00. The smallest absolute Gasteiger partial charge is 0.217 e. The van der Waals surface area contributed by atoms with Crippen molar-refractivity contribution in [2.45, 2.75) is 49.8 Å². The summed E-state index contributed by atoms with van der Waals surface area (Å²) in [5.74, 6) is 0.909. The number of carbonyl (C=O) groups is 1. The molecule has 0 aliphatic heterocycles. The maximum absolute atomic E-state index is 11.2. The van der Waals surface area contributed by atoms with E-state index >= 15 is 0 Å². The number of rotatable bonds is 7. The predicted octanol–water partition coefficient (Wildman–Crippen LogP) is 3.48. The van der Waals surface area contributed by atoms with Gasteiger partial charge in [0, 0.05) is 23.1 Å². The van der Waals surface area contributed by atoms with Crippen molar-refractivity contribution >= 4 is 17.7 Å². The molecule has 0 saturated carbocycles. The molecule has 1 aromatic rings. The van der Waals surface area contributed by atoms with E-state index in [1.165, 1.54) is 4.90 Å². The molecule has 0 aliphatic carbocycles. The van der Waals surface area contributed by atoms with Crippen molar-refractivity contribution in [2.75, 3.05) is 7.11 Å². The number of thioether (sulfide) groups is 1. The Balaban J connectivity index is 2.70. The van der Waals surface area contributed by atoms with Crippen LogP contribution in [0.25, 0.3) is 0 Å². The van der Waals surface area contributed by atoms with Crippen molar-refractivity contribution in [3.05, 3.63) is 24.3 Å². The lowest BCUT2D eigenvalue weighted by molar-refractivity contribution is -0.119. The van der Waals surface area contributed by atoms with E-state index in [-0.39, 0.29) is 11.9 Å². The fourth-order valence-electron chi connectivity index (χ4n) is 2.00. The van der Waals surface area contributed by atoms with E-state index < -0.39 is 0 Å². The Hall–Kier alpha value is -1.16. The molecule has 0 unspecified atom stereocenters. The normalized spacial score (nSPS) is 13.7. The van der Waals surface area contributed by atoms with Crippen LogP contribution in [0.15, 0.2) is 29.2 Å². The summed E-state index contributed by atoms with van der Waals surface area (Å²) in [7, 11) is 1.67. The van der Waals surface area contributed by atoms with Crippen LogP contribution in [-0.4, -0.2) is 24.3 Å². The summed E-state index contributed by atoms with van der Waals surface area (Å²) in [6, 6.07) is 8.27. The Bertz CT molecular complexity index is 392. The van der Waals surface area contributed by atoms with Crippen molar-refractivity contribution in [1.29, 1.82) is 0 Å². The summed E-state index contributed by atoms with van der Waals surface area (Å²) in [4.78, 5) is 12.4. The third-order valence-corrected chi connectivity index (χ3v) is 4.54. The topological polar surface area (TPSA) is 38.3 Å². The fourth-order valence-corrected chi connectivity index (χ4v) is 3.23. The Kier molecular flexibility index (Phi) is 6.78. The van der Waals surface area contributed by atoms with Gasteiger partial charge in [-0.1, -0.05) is 13.8 Å². The van der Waals surface area contributed by atoms with Crippen molar-refractivity contribution in [3.63, 3.8) is 0 Å². The fraction of sp³-hybridized carbons (Fsp3) is 0.533. The third-order valence-electron chi connectivity index (χ3n) is 3.03. The molecular formula is C15H23NO2S. The van der Waals surface area contributed by atoms with E-state index in [1.807, 2.05) is 23.9 Å². The molecule has 0 radical (unpaired) electrons. The molecule has 4 heteroatoms. The lowest BCUT2D eigenvalue weighted by Crippen LogP contribution is -2.40. The molecule has 1 N–H and O–H groups in total. The Morgan fingerprint density at radius 2 is 1.89 bits per heavy atom. The van der Waals surface area contributed by atoms with Gasteiger partial charge in [-0.2, -0.15) is 0 Å².